The number of amides is 1. The van der Waals surface area contributed by atoms with Crippen LogP contribution in [0.2, 0.25) is 0 Å². The lowest BCUT2D eigenvalue weighted by Crippen LogP contribution is -2.54. The van der Waals surface area contributed by atoms with E-state index in [2.05, 4.69) is 15.5 Å². The van der Waals surface area contributed by atoms with Gasteiger partial charge in [-0.1, -0.05) is 11.2 Å². The summed E-state index contributed by atoms with van der Waals surface area (Å²) in [6.45, 7) is 3.17. The van der Waals surface area contributed by atoms with Crippen LogP contribution >= 0.6 is 0 Å². The smallest absolute Gasteiger partial charge is 0.273 e. The number of anilines is 1. The van der Waals surface area contributed by atoms with Gasteiger partial charge in [0, 0.05) is 31.9 Å². The molecule has 0 aromatic carbocycles. The molecule has 3 heterocycles. The van der Waals surface area contributed by atoms with E-state index >= 15 is 0 Å². The third kappa shape index (κ3) is 3.68. The van der Waals surface area contributed by atoms with Gasteiger partial charge in [0.2, 0.25) is 0 Å². The highest BCUT2D eigenvalue weighted by Gasteiger charge is 2.34. The lowest BCUT2D eigenvalue weighted by molar-refractivity contribution is 0.0253. The lowest BCUT2D eigenvalue weighted by Gasteiger charge is -2.39. The molecule has 1 saturated heterocycles. The average Bonchev–Trinajstić information content (AvgIpc) is 3.00. The molecule has 0 spiro atoms. The fourth-order valence-electron chi connectivity index (χ4n) is 2.80. The number of aromatic nitrogens is 2. The van der Waals surface area contributed by atoms with Gasteiger partial charge in [-0.05, 0) is 31.9 Å². The van der Waals surface area contributed by atoms with Crippen molar-refractivity contribution in [3.63, 3.8) is 0 Å². The molecule has 0 saturated carbocycles. The summed E-state index contributed by atoms with van der Waals surface area (Å²) in [5.74, 6) is 1.07. The minimum atomic E-state index is -0.982. The molecule has 23 heavy (non-hydrogen) atoms. The monoisotopic (exact) mass is 316 g/mol. The number of hydrogen-bond acceptors (Lipinski definition) is 6. The number of carbonyl (C=O) groups is 1. The Hall–Kier alpha value is -2.41. The largest absolute Gasteiger partial charge is 0.386 e. The summed E-state index contributed by atoms with van der Waals surface area (Å²) in [6, 6.07) is 7.27. The number of β-amino-alcohol motifs (C(OH)–C–C–N with tert-alkyl or cyclic N) is 1. The van der Waals surface area contributed by atoms with Crippen molar-refractivity contribution in [3.05, 3.63) is 41.9 Å². The van der Waals surface area contributed by atoms with Crippen LogP contribution in [-0.4, -0.2) is 46.4 Å². The van der Waals surface area contributed by atoms with Crippen LogP contribution in [0.4, 0.5) is 5.82 Å². The summed E-state index contributed by atoms with van der Waals surface area (Å²) in [5.41, 5.74) is -0.756. The van der Waals surface area contributed by atoms with Gasteiger partial charge in [-0.15, -0.1) is 0 Å². The molecule has 122 valence electrons. The van der Waals surface area contributed by atoms with Crippen LogP contribution in [0.1, 0.15) is 29.1 Å². The number of carbonyl (C=O) groups excluding carboxylic acids is 1. The number of nitrogens with one attached hydrogen (secondary N) is 1. The first-order valence-corrected chi connectivity index (χ1v) is 7.66. The van der Waals surface area contributed by atoms with Crippen LogP contribution < -0.4 is 10.2 Å². The predicted octanol–water partition coefficient (Wildman–Crippen LogP) is 1.14. The molecule has 2 aromatic rings. The van der Waals surface area contributed by atoms with Crippen LogP contribution in [0.3, 0.4) is 0 Å². The second-order valence-electron chi connectivity index (χ2n) is 5.94. The molecule has 0 bridgehead atoms. The number of aliphatic hydroxyl groups is 1. The topological polar surface area (TPSA) is 91.5 Å². The molecule has 1 unspecified atom stereocenters. The van der Waals surface area contributed by atoms with Crippen molar-refractivity contribution < 1.29 is 14.4 Å². The molecule has 0 aliphatic carbocycles. The van der Waals surface area contributed by atoms with Gasteiger partial charge in [0.25, 0.3) is 5.91 Å². The fraction of sp³-hybridized carbons (Fsp3) is 0.438. The molecule has 7 heteroatoms. The standard InChI is InChI=1S/C16H20N4O3/c1-12-9-13(19-23-12)15(21)18-10-16(22)6-4-8-20(11-16)14-5-2-3-7-17-14/h2-3,5,7,9,22H,4,6,8,10-11H2,1H3,(H,18,21). The number of pyridine rings is 1. The van der Waals surface area contributed by atoms with E-state index in [1.807, 2.05) is 23.1 Å². The summed E-state index contributed by atoms with van der Waals surface area (Å²) >= 11 is 0. The van der Waals surface area contributed by atoms with E-state index < -0.39 is 5.60 Å². The maximum Gasteiger partial charge on any atom is 0.273 e. The van der Waals surface area contributed by atoms with Gasteiger partial charge in [-0.25, -0.2) is 4.98 Å². The number of piperidine rings is 1. The van der Waals surface area contributed by atoms with Gasteiger partial charge < -0.3 is 19.8 Å². The molecular formula is C16H20N4O3. The number of rotatable bonds is 4. The highest BCUT2D eigenvalue weighted by molar-refractivity contribution is 5.92. The van der Waals surface area contributed by atoms with Crippen molar-refractivity contribution in [2.75, 3.05) is 24.5 Å². The zero-order valence-electron chi connectivity index (χ0n) is 13.0. The summed E-state index contributed by atoms with van der Waals surface area (Å²) in [5, 5.41) is 17.2. The second kappa shape index (κ2) is 6.37. The van der Waals surface area contributed by atoms with Gasteiger partial charge in [0.05, 0.1) is 5.60 Å². The van der Waals surface area contributed by atoms with E-state index in [0.717, 1.165) is 18.8 Å². The quantitative estimate of drug-likeness (QED) is 0.879. The number of nitrogens with zero attached hydrogens (tertiary/aromatic N) is 3. The Bertz CT molecular complexity index is 673. The number of aryl methyl sites for hydroxylation is 1. The predicted molar refractivity (Wildman–Crippen MR) is 84.2 cm³/mol. The Labute approximate surface area is 134 Å². The van der Waals surface area contributed by atoms with Crippen molar-refractivity contribution in [1.29, 1.82) is 0 Å². The molecule has 1 atom stereocenters. The zero-order chi connectivity index (χ0) is 16.3. The van der Waals surface area contributed by atoms with Crippen molar-refractivity contribution in [1.82, 2.24) is 15.5 Å². The van der Waals surface area contributed by atoms with Crippen LogP contribution in [-0.2, 0) is 0 Å². The first kappa shape index (κ1) is 15.5. The Balaban J connectivity index is 1.61. The Morgan fingerprint density at radius 1 is 1.52 bits per heavy atom. The maximum absolute atomic E-state index is 12.0. The SMILES string of the molecule is Cc1cc(C(=O)NCC2(O)CCCN(c3ccccn3)C2)no1. The molecule has 7 nitrogen and oxygen atoms in total. The van der Waals surface area contributed by atoms with Gasteiger partial charge in [-0.3, -0.25) is 4.79 Å². The molecule has 1 aliphatic heterocycles. The van der Waals surface area contributed by atoms with Crippen molar-refractivity contribution in [2.45, 2.75) is 25.4 Å². The van der Waals surface area contributed by atoms with Gasteiger partial charge >= 0.3 is 0 Å². The molecule has 1 fully saturated rings. The van der Waals surface area contributed by atoms with Gasteiger partial charge in [0.15, 0.2) is 5.69 Å². The highest BCUT2D eigenvalue weighted by Crippen LogP contribution is 2.24. The first-order valence-electron chi connectivity index (χ1n) is 7.66. The highest BCUT2D eigenvalue weighted by atomic mass is 16.5. The molecule has 1 aliphatic rings. The van der Waals surface area contributed by atoms with E-state index in [4.69, 9.17) is 4.52 Å². The molecular weight excluding hydrogens is 296 g/mol. The minimum absolute atomic E-state index is 0.168. The van der Waals surface area contributed by atoms with E-state index in [0.29, 0.717) is 18.7 Å². The van der Waals surface area contributed by atoms with Crippen LogP contribution in [0.25, 0.3) is 0 Å². The molecule has 2 N–H and O–H groups in total. The van der Waals surface area contributed by atoms with Crippen molar-refractivity contribution in [3.8, 4) is 0 Å². The minimum Gasteiger partial charge on any atom is -0.386 e. The second-order valence-corrected chi connectivity index (χ2v) is 5.94. The number of hydrogen-bond donors (Lipinski definition) is 2. The Kier molecular flexibility index (Phi) is 4.29. The van der Waals surface area contributed by atoms with Crippen LogP contribution in [0.15, 0.2) is 35.0 Å². The van der Waals surface area contributed by atoms with Gasteiger partial charge in [0.1, 0.15) is 11.6 Å². The third-order valence-electron chi connectivity index (χ3n) is 3.97. The maximum atomic E-state index is 12.0. The van der Waals surface area contributed by atoms with Crippen LogP contribution in [0.5, 0.6) is 0 Å². The first-order chi connectivity index (χ1) is 11.1. The van der Waals surface area contributed by atoms with E-state index in [-0.39, 0.29) is 18.1 Å². The van der Waals surface area contributed by atoms with Gasteiger partial charge in [-0.2, -0.15) is 0 Å². The van der Waals surface area contributed by atoms with E-state index in [9.17, 15) is 9.90 Å². The molecule has 2 aromatic heterocycles. The Morgan fingerprint density at radius 3 is 3.09 bits per heavy atom. The summed E-state index contributed by atoms with van der Waals surface area (Å²) in [7, 11) is 0. The van der Waals surface area contributed by atoms with Crippen molar-refractivity contribution in [2.24, 2.45) is 0 Å². The fourth-order valence-corrected chi connectivity index (χ4v) is 2.80. The lowest BCUT2D eigenvalue weighted by atomic mass is 9.92. The third-order valence-corrected chi connectivity index (χ3v) is 3.97. The van der Waals surface area contributed by atoms with Crippen LogP contribution in [0, 0.1) is 6.92 Å². The molecule has 0 radical (unpaired) electrons. The summed E-state index contributed by atoms with van der Waals surface area (Å²) in [6.07, 6.45) is 3.21. The van der Waals surface area contributed by atoms with E-state index in [1.165, 1.54) is 0 Å². The Morgan fingerprint density at radius 2 is 2.39 bits per heavy atom. The molecule has 1 amide bonds. The normalized spacial score (nSPS) is 21.2. The zero-order valence-corrected chi connectivity index (χ0v) is 13.0. The van der Waals surface area contributed by atoms with E-state index in [1.54, 1.807) is 19.2 Å². The summed E-state index contributed by atoms with van der Waals surface area (Å²) in [4.78, 5) is 18.4. The summed E-state index contributed by atoms with van der Waals surface area (Å²) < 4.78 is 4.89. The molecule has 3 rings (SSSR count). The average molecular weight is 316 g/mol. The van der Waals surface area contributed by atoms with Crippen molar-refractivity contribution >= 4 is 11.7 Å².